The van der Waals surface area contributed by atoms with Gasteiger partial charge in [-0.05, 0) is 56.2 Å². The molecule has 4 aromatic heterocycles. The molecule has 4 aromatic rings. The Balaban J connectivity index is 1.37. The van der Waals surface area contributed by atoms with Crippen molar-refractivity contribution >= 4 is 35.3 Å². The summed E-state index contributed by atoms with van der Waals surface area (Å²) in [5.74, 6) is 3.93. The van der Waals surface area contributed by atoms with E-state index in [-0.39, 0.29) is 0 Å². The lowest BCUT2D eigenvalue weighted by atomic mass is 10.2. The molecule has 28 heavy (non-hydrogen) atoms. The van der Waals surface area contributed by atoms with Gasteiger partial charge >= 0.3 is 0 Å². The number of aromatic amines is 1. The lowest BCUT2D eigenvalue weighted by Gasteiger charge is -1.90. The van der Waals surface area contributed by atoms with Gasteiger partial charge in [0.25, 0.3) is 5.89 Å². The molecular weight excluding hydrogens is 394 g/mol. The number of H-pyrrole nitrogens is 1. The van der Waals surface area contributed by atoms with Gasteiger partial charge in [-0.3, -0.25) is 5.10 Å². The van der Waals surface area contributed by atoms with Crippen LogP contribution in [0.15, 0.2) is 32.2 Å². The van der Waals surface area contributed by atoms with Crippen LogP contribution in [0, 0.1) is 13.8 Å². The number of furan rings is 1. The highest BCUT2D eigenvalue weighted by Gasteiger charge is 2.14. The summed E-state index contributed by atoms with van der Waals surface area (Å²) < 4.78 is 11.3. The lowest BCUT2D eigenvalue weighted by Crippen LogP contribution is -1.82. The fraction of sp³-hybridized carbons (Fsp3) is 0.263. The summed E-state index contributed by atoms with van der Waals surface area (Å²) in [7, 11) is 0. The number of thioether (sulfide) groups is 1. The summed E-state index contributed by atoms with van der Waals surface area (Å²) in [4.78, 5) is 6.77. The van der Waals surface area contributed by atoms with Gasteiger partial charge in [0.1, 0.15) is 17.3 Å². The van der Waals surface area contributed by atoms with Gasteiger partial charge in [0.05, 0.1) is 10.6 Å². The average molecular weight is 414 g/mol. The van der Waals surface area contributed by atoms with Crippen molar-refractivity contribution in [1.82, 2.24) is 25.4 Å². The summed E-state index contributed by atoms with van der Waals surface area (Å²) in [6, 6.07) is 5.92. The number of aryl methyl sites for hydroxylation is 3. The van der Waals surface area contributed by atoms with Crippen molar-refractivity contribution in [2.24, 2.45) is 0 Å². The van der Waals surface area contributed by atoms with E-state index < -0.39 is 0 Å². The first-order valence-corrected chi connectivity index (χ1v) is 10.6. The maximum absolute atomic E-state index is 5.79. The Morgan fingerprint density at radius 3 is 2.82 bits per heavy atom. The molecule has 4 heterocycles. The van der Waals surface area contributed by atoms with Crippen molar-refractivity contribution in [1.29, 1.82) is 0 Å². The minimum absolute atomic E-state index is 0.510. The highest BCUT2D eigenvalue weighted by Crippen LogP contribution is 2.31. The van der Waals surface area contributed by atoms with Crippen LogP contribution in [0.25, 0.3) is 22.9 Å². The largest absolute Gasteiger partial charge is 0.462 e. The van der Waals surface area contributed by atoms with Crippen molar-refractivity contribution in [3.05, 3.63) is 51.9 Å². The zero-order valence-electron chi connectivity index (χ0n) is 15.7. The summed E-state index contributed by atoms with van der Waals surface area (Å²) in [6.45, 7) is 6.16. The van der Waals surface area contributed by atoms with Gasteiger partial charge in [0.15, 0.2) is 0 Å². The number of nitrogens with one attached hydrogen (secondary N) is 1. The summed E-state index contributed by atoms with van der Waals surface area (Å²) in [5, 5.41) is 16.0. The van der Waals surface area contributed by atoms with E-state index in [9.17, 15) is 0 Å². The molecule has 0 amide bonds. The molecule has 0 fully saturated rings. The third-order valence-corrected chi connectivity index (χ3v) is 6.19. The van der Waals surface area contributed by atoms with Gasteiger partial charge < -0.3 is 8.83 Å². The molecular formula is C19H19N5O2S2. The molecule has 0 aliphatic rings. The van der Waals surface area contributed by atoms with E-state index >= 15 is 0 Å². The minimum Gasteiger partial charge on any atom is -0.462 e. The average Bonchev–Trinajstić information content (AvgIpc) is 3.45. The van der Waals surface area contributed by atoms with E-state index in [2.05, 4.69) is 45.3 Å². The lowest BCUT2D eigenvalue weighted by molar-refractivity contribution is 0.525. The highest BCUT2D eigenvalue weighted by atomic mass is 32.2. The van der Waals surface area contributed by atoms with E-state index in [4.69, 9.17) is 8.83 Å². The summed E-state index contributed by atoms with van der Waals surface area (Å²) >= 11 is 3.14. The molecule has 0 saturated heterocycles. The van der Waals surface area contributed by atoms with Gasteiger partial charge in [-0.2, -0.15) is 0 Å². The Morgan fingerprint density at radius 2 is 2.07 bits per heavy atom. The van der Waals surface area contributed by atoms with E-state index in [1.807, 2.05) is 31.2 Å². The molecule has 0 aliphatic carbocycles. The first kappa shape index (κ1) is 18.7. The molecule has 0 radical (unpaired) electrons. The zero-order chi connectivity index (χ0) is 19.5. The second kappa shape index (κ2) is 8.15. The van der Waals surface area contributed by atoms with Crippen molar-refractivity contribution in [2.45, 2.75) is 38.1 Å². The molecule has 1 N–H and O–H groups in total. The maximum Gasteiger partial charge on any atom is 0.257 e. The molecule has 0 atom stereocenters. The minimum atomic E-state index is 0.510. The Bertz CT molecular complexity index is 1110. The van der Waals surface area contributed by atoms with Crippen LogP contribution < -0.4 is 0 Å². The Hall–Kier alpha value is -2.65. The predicted octanol–water partition coefficient (Wildman–Crippen LogP) is 5.15. The topological polar surface area (TPSA) is 93.6 Å². The Labute approximate surface area is 170 Å². The first-order chi connectivity index (χ1) is 13.6. The SMILES string of the molecule is CCc1sc(-c2nnc(CSc3n[nH]c(/C=C/c4ccc(C)o4)n3)o2)cc1C. The first-order valence-electron chi connectivity index (χ1n) is 8.82. The normalized spacial score (nSPS) is 11.7. The fourth-order valence-electron chi connectivity index (χ4n) is 2.62. The number of hydrogen-bond donors (Lipinski definition) is 1. The van der Waals surface area contributed by atoms with Gasteiger partial charge in [-0.15, -0.1) is 26.6 Å². The summed E-state index contributed by atoms with van der Waals surface area (Å²) in [5.41, 5.74) is 1.27. The van der Waals surface area contributed by atoms with Crippen LogP contribution in [-0.2, 0) is 12.2 Å². The van der Waals surface area contributed by atoms with Crippen molar-refractivity contribution < 1.29 is 8.83 Å². The second-order valence-corrected chi connectivity index (χ2v) is 8.22. The molecule has 9 heteroatoms. The van der Waals surface area contributed by atoms with E-state index in [0.29, 0.717) is 28.5 Å². The standard InChI is InChI=1S/C19H19N5O2S2/c1-4-14-11(2)9-15(28-14)18-23-22-17(26-18)10-27-19-20-16(21-24-19)8-7-13-6-5-12(3)25-13/h5-9H,4,10H2,1-3H3,(H,20,21,24)/b8-7+. The van der Waals surface area contributed by atoms with E-state index in [0.717, 1.165) is 22.8 Å². The summed E-state index contributed by atoms with van der Waals surface area (Å²) in [6.07, 6.45) is 4.68. The second-order valence-electron chi connectivity index (χ2n) is 6.14. The molecule has 7 nitrogen and oxygen atoms in total. The molecule has 0 spiro atoms. The zero-order valence-corrected chi connectivity index (χ0v) is 17.4. The van der Waals surface area contributed by atoms with Crippen LogP contribution >= 0.6 is 23.1 Å². The van der Waals surface area contributed by atoms with Crippen LogP contribution in [0.2, 0.25) is 0 Å². The predicted molar refractivity (Wildman–Crippen MR) is 110 cm³/mol. The quantitative estimate of drug-likeness (QED) is 0.419. The van der Waals surface area contributed by atoms with Crippen molar-refractivity contribution in [3.8, 4) is 10.8 Å². The van der Waals surface area contributed by atoms with E-state index in [1.165, 1.54) is 22.2 Å². The molecule has 0 unspecified atom stereocenters. The molecule has 0 bridgehead atoms. The maximum atomic E-state index is 5.79. The molecule has 0 aliphatic heterocycles. The van der Waals surface area contributed by atoms with Gasteiger partial charge in [-0.25, -0.2) is 4.98 Å². The third kappa shape index (κ3) is 4.26. The highest BCUT2D eigenvalue weighted by molar-refractivity contribution is 7.98. The number of hydrogen-bond acceptors (Lipinski definition) is 8. The van der Waals surface area contributed by atoms with Crippen LogP contribution in [0.3, 0.4) is 0 Å². The smallest absolute Gasteiger partial charge is 0.257 e. The van der Waals surface area contributed by atoms with Crippen LogP contribution in [0.1, 0.15) is 40.6 Å². The molecule has 4 rings (SSSR count). The van der Waals surface area contributed by atoms with Crippen LogP contribution in [-0.4, -0.2) is 25.4 Å². The number of thiophene rings is 1. The van der Waals surface area contributed by atoms with Gasteiger partial charge in [0.2, 0.25) is 11.0 Å². The third-order valence-electron chi connectivity index (χ3n) is 3.99. The Morgan fingerprint density at radius 1 is 1.18 bits per heavy atom. The van der Waals surface area contributed by atoms with Gasteiger partial charge in [-0.1, -0.05) is 18.7 Å². The van der Waals surface area contributed by atoms with Crippen molar-refractivity contribution in [3.63, 3.8) is 0 Å². The van der Waals surface area contributed by atoms with Crippen LogP contribution in [0.4, 0.5) is 0 Å². The number of rotatable bonds is 7. The Kier molecular flexibility index (Phi) is 5.45. The van der Waals surface area contributed by atoms with Crippen molar-refractivity contribution in [2.75, 3.05) is 0 Å². The number of aromatic nitrogens is 5. The van der Waals surface area contributed by atoms with Gasteiger partial charge in [0, 0.05) is 4.88 Å². The van der Waals surface area contributed by atoms with E-state index in [1.54, 1.807) is 11.3 Å². The fourth-order valence-corrected chi connectivity index (χ4v) is 4.29. The molecule has 0 saturated carbocycles. The van der Waals surface area contributed by atoms with Crippen LogP contribution in [0.5, 0.6) is 0 Å². The molecule has 144 valence electrons. The molecule has 0 aromatic carbocycles. The number of nitrogens with zero attached hydrogens (tertiary/aromatic N) is 4. The monoisotopic (exact) mass is 413 g/mol.